The van der Waals surface area contributed by atoms with Gasteiger partial charge in [-0.1, -0.05) is 0 Å². The molecule has 0 saturated carbocycles. The summed E-state index contributed by atoms with van der Waals surface area (Å²) < 4.78 is 16.6. The zero-order valence-corrected chi connectivity index (χ0v) is 20.2. The zero-order valence-electron chi connectivity index (χ0n) is 19.3. The second-order valence-electron chi connectivity index (χ2n) is 9.73. The smallest absolute Gasteiger partial charge is 0.411 e. The Morgan fingerprint density at radius 3 is 2.56 bits per heavy atom. The number of carbonyl (C=O) groups is 3. The van der Waals surface area contributed by atoms with Gasteiger partial charge in [-0.2, -0.15) is 0 Å². The van der Waals surface area contributed by atoms with Crippen molar-refractivity contribution in [3.05, 3.63) is 10.1 Å². The van der Waals surface area contributed by atoms with Crippen LogP contribution >= 0.6 is 11.8 Å². The zero-order chi connectivity index (χ0) is 24.6. The van der Waals surface area contributed by atoms with Gasteiger partial charge in [-0.15, -0.1) is 21.9 Å². The summed E-state index contributed by atoms with van der Waals surface area (Å²) in [5.74, 6) is 0.181. The van der Waals surface area contributed by atoms with Crippen LogP contribution in [-0.2, 0) is 28.6 Å². The number of amides is 3. The Labute approximate surface area is 200 Å². The molecule has 2 unspecified atom stereocenters. The molecule has 14 heteroatoms. The first-order chi connectivity index (χ1) is 16.0. The molecule has 13 nitrogen and oxygen atoms in total. The molecule has 4 heterocycles. The van der Waals surface area contributed by atoms with E-state index in [2.05, 4.69) is 10.2 Å². The molecule has 4 aliphatic rings. The van der Waals surface area contributed by atoms with Crippen LogP contribution in [-0.4, -0.2) is 106 Å². The van der Waals surface area contributed by atoms with Gasteiger partial charge in [-0.05, 0) is 33.6 Å². The quantitative estimate of drug-likeness (QED) is 0.406. The second-order valence-corrected chi connectivity index (χ2v) is 10.7. The number of likely N-dealkylation sites (tertiary alicyclic amines) is 1. The lowest BCUT2D eigenvalue weighted by molar-refractivity contribution is -0.769. The van der Waals surface area contributed by atoms with Crippen molar-refractivity contribution in [1.29, 1.82) is 0 Å². The minimum Gasteiger partial charge on any atom is -0.444 e. The van der Waals surface area contributed by atoms with Crippen molar-refractivity contribution in [2.75, 3.05) is 31.4 Å². The van der Waals surface area contributed by atoms with E-state index in [1.54, 1.807) is 20.8 Å². The molecule has 4 fully saturated rings. The van der Waals surface area contributed by atoms with Gasteiger partial charge < -0.3 is 29.3 Å². The number of ether oxygens (including phenoxy) is 3. The van der Waals surface area contributed by atoms with E-state index in [-0.39, 0.29) is 25.0 Å². The van der Waals surface area contributed by atoms with Crippen LogP contribution in [0.2, 0.25) is 0 Å². The third-order valence-corrected chi connectivity index (χ3v) is 7.20. The topological polar surface area (TPSA) is 150 Å². The van der Waals surface area contributed by atoms with E-state index in [1.807, 2.05) is 0 Å². The average Bonchev–Trinajstić information content (AvgIpc) is 3.52. The molecular formula is C20H30N4O9S. The number of hydrogen-bond acceptors (Lipinski definition) is 10. The number of nitrogens with one attached hydrogen (secondary N) is 1. The van der Waals surface area contributed by atoms with Crippen LogP contribution in [0.5, 0.6) is 0 Å². The molecule has 190 valence electrons. The maximum Gasteiger partial charge on any atom is 0.411 e. The van der Waals surface area contributed by atoms with E-state index >= 15 is 0 Å². The average molecular weight is 503 g/mol. The van der Waals surface area contributed by atoms with Gasteiger partial charge >= 0.3 is 6.09 Å². The summed E-state index contributed by atoms with van der Waals surface area (Å²) in [6, 6.07) is -1.87. The van der Waals surface area contributed by atoms with Gasteiger partial charge in [0.25, 0.3) is 5.09 Å². The molecule has 0 radical (unpaired) electrons. The highest BCUT2D eigenvalue weighted by Gasteiger charge is 2.51. The van der Waals surface area contributed by atoms with Crippen LogP contribution in [0.1, 0.15) is 33.6 Å². The Bertz CT molecular complexity index is 837. The lowest BCUT2D eigenvalue weighted by Crippen LogP contribution is -2.56. The third-order valence-electron chi connectivity index (χ3n) is 6.19. The fourth-order valence-corrected chi connectivity index (χ4v) is 5.84. The summed E-state index contributed by atoms with van der Waals surface area (Å²) in [4.78, 5) is 57.3. The van der Waals surface area contributed by atoms with Crippen molar-refractivity contribution in [3.8, 4) is 0 Å². The third kappa shape index (κ3) is 5.18. The first-order valence-corrected chi connectivity index (χ1v) is 12.4. The molecule has 0 bridgehead atoms. The van der Waals surface area contributed by atoms with Crippen molar-refractivity contribution in [2.24, 2.45) is 0 Å². The Balaban J connectivity index is 1.37. The van der Waals surface area contributed by atoms with E-state index in [0.29, 0.717) is 31.0 Å². The molecule has 1 N–H and O–H groups in total. The van der Waals surface area contributed by atoms with Crippen LogP contribution in [0.4, 0.5) is 4.79 Å². The van der Waals surface area contributed by atoms with E-state index < -0.39 is 53.2 Å². The molecular weight excluding hydrogens is 472 g/mol. The summed E-state index contributed by atoms with van der Waals surface area (Å²) in [5, 5.41) is 12.7. The number of thioether (sulfide) groups is 1. The van der Waals surface area contributed by atoms with E-state index in [9.17, 15) is 24.5 Å². The summed E-state index contributed by atoms with van der Waals surface area (Å²) in [5.41, 5.74) is -0.679. The monoisotopic (exact) mass is 502 g/mol. The van der Waals surface area contributed by atoms with Crippen LogP contribution in [0.25, 0.3) is 0 Å². The van der Waals surface area contributed by atoms with Gasteiger partial charge in [0.1, 0.15) is 29.9 Å². The fraction of sp³-hybridized carbons (Fsp3) is 0.850. The molecule has 4 rings (SSSR count). The highest BCUT2D eigenvalue weighted by molar-refractivity contribution is 7.99. The molecule has 6 atom stereocenters. The molecule has 34 heavy (non-hydrogen) atoms. The van der Waals surface area contributed by atoms with E-state index in [1.165, 1.54) is 21.6 Å². The number of rotatable bonds is 5. The van der Waals surface area contributed by atoms with Gasteiger partial charge in [0, 0.05) is 12.3 Å². The molecule has 3 amide bonds. The number of carbonyl (C=O) groups excluding carboxylic acids is 3. The van der Waals surface area contributed by atoms with Crippen LogP contribution < -0.4 is 5.32 Å². The standard InChI is InChI=1S/C20H30N4O9S/c1-20(2,3)32-19(27)23-10-34-9-13(23)18(26)22-6-4-5-12(22)17(25)21-11-7-30-16-14(33-24(28)29)8-31-15(11)16/h11-16H,4-10H2,1-3H3,(H,21,25)/t11-,12-,13?,14-,15?,16+/m0/s1. The minimum absolute atomic E-state index is 0.00340. The highest BCUT2D eigenvalue weighted by atomic mass is 32.2. The van der Waals surface area contributed by atoms with E-state index in [0.717, 1.165) is 0 Å². The fourth-order valence-electron chi connectivity index (χ4n) is 4.71. The van der Waals surface area contributed by atoms with E-state index in [4.69, 9.17) is 14.2 Å². The predicted molar refractivity (Wildman–Crippen MR) is 117 cm³/mol. The van der Waals surface area contributed by atoms with Crippen LogP contribution in [0.15, 0.2) is 0 Å². The normalized spacial score (nSPS) is 33.0. The lowest BCUT2D eigenvalue weighted by atomic mass is 10.1. The Hall–Kier alpha value is -2.32. The summed E-state index contributed by atoms with van der Waals surface area (Å²) in [7, 11) is 0. The molecule has 0 aliphatic carbocycles. The highest BCUT2D eigenvalue weighted by Crippen LogP contribution is 2.31. The van der Waals surface area contributed by atoms with Crippen molar-refractivity contribution in [2.45, 2.75) is 75.7 Å². The van der Waals surface area contributed by atoms with Crippen LogP contribution in [0.3, 0.4) is 0 Å². The largest absolute Gasteiger partial charge is 0.444 e. The number of nitrogens with zero attached hydrogens (tertiary/aromatic N) is 3. The Morgan fingerprint density at radius 2 is 1.85 bits per heavy atom. The molecule has 0 aromatic rings. The maximum atomic E-state index is 13.4. The number of fused-ring (bicyclic) bond motifs is 1. The van der Waals surface area contributed by atoms with Gasteiger partial charge in [0.2, 0.25) is 11.8 Å². The van der Waals surface area contributed by atoms with Crippen molar-refractivity contribution >= 4 is 29.7 Å². The van der Waals surface area contributed by atoms with Crippen molar-refractivity contribution < 1.29 is 38.5 Å². The summed E-state index contributed by atoms with van der Waals surface area (Å²) >= 11 is 1.47. The first kappa shape index (κ1) is 24.8. The van der Waals surface area contributed by atoms with Gasteiger partial charge in [-0.25, -0.2) is 4.79 Å². The van der Waals surface area contributed by atoms with Crippen molar-refractivity contribution in [1.82, 2.24) is 15.1 Å². The SMILES string of the molecule is CC(C)(C)OC(=O)N1CSCC1C(=O)N1CCC[C@H]1C(=O)N[C@H]1CO[C@H]2C1OC[C@@H]2O[N+](=O)[O-]. The van der Waals surface area contributed by atoms with Gasteiger partial charge in [0.15, 0.2) is 6.10 Å². The second kappa shape index (κ2) is 9.74. The van der Waals surface area contributed by atoms with Gasteiger partial charge in [-0.3, -0.25) is 14.5 Å². The van der Waals surface area contributed by atoms with Crippen molar-refractivity contribution in [3.63, 3.8) is 0 Å². The molecule has 0 aromatic carbocycles. The lowest BCUT2D eigenvalue weighted by Gasteiger charge is -2.32. The van der Waals surface area contributed by atoms with Crippen LogP contribution in [0, 0.1) is 10.1 Å². The minimum atomic E-state index is -0.879. The van der Waals surface area contributed by atoms with Gasteiger partial charge in [0.05, 0.1) is 25.1 Å². The molecule has 0 aromatic heterocycles. The number of hydrogen-bond donors (Lipinski definition) is 1. The maximum absolute atomic E-state index is 13.4. The molecule has 4 saturated heterocycles. The predicted octanol–water partition coefficient (Wildman–Crippen LogP) is 0.147. The summed E-state index contributed by atoms with van der Waals surface area (Å²) in [6.07, 6.45) is -1.43. The Morgan fingerprint density at radius 1 is 1.12 bits per heavy atom. The first-order valence-electron chi connectivity index (χ1n) is 11.3. The molecule has 0 spiro atoms. The Kier molecular flexibility index (Phi) is 7.10. The summed E-state index contributed by atoms with van der Waals surface area (Å²) in [6.45, 7) is 5.85. The molecule has 4 aliphatic heterocycles.